The molecule has 0 rings (SSSR count). The first-order valence-corrected chi connectivity index (χ1v) is 5.25. The zero-order chi connectivity index (χ0) is 11.0. The Bertz CT molecular complexity index is 186. The number of nitrogens with zero attached hydrogens (tertiary/aromatic N) is 2. The molecule has 0 bridgehead atoms. The lowest BCUT2D eigenvalue weighted by Crippen LogP contribution is -2.35. The van der Waals surface area contributed by atoms with Crippen molar-refractivity contribution in [2.45, 2.75) is 20.8 Å². The van der Waals surface area contributed by atoms with Crippen LogP contribution in [0.4, 0.5) is 0 Å². The minimum Gasteiger partial charge on any atom is -0.341 e. The molecule has 0 N–H and O–H groups in total. The molecule has 0 aliphatic heterocycles. The summed E-state index contributed by atoms with van der Waals surface area (Å²) in [7, 11) is 1.84. The fourth-order valence-electron chi connectivity index (χ4n) is 1.21. The lowest BCUT2D eigenvalue weighted by molar-refractivity contribution is -0.124. The Morgan fingerprint density at radius 2 is 1.79 bits per heavy atom. The molecule has 1 amide bonds. The summed E-state index contributed by atoms with van der Waals surface area (Å²) >= 11 is 0. The number of hydrogen-bond donors (Lipinski definition) is 0. The van der Waals surface area contributed by atoms with E-state index in [1.54, 1.807) is 17.1 Å². The largest absolute Gasteiger partial charge is 0.341 e. The minimum atomic E-state index is 0.0830. The van der Waals surface area contributed by atoms with Crippen molar-refractivity contribution >= 4 is 5.91 Å². The van der Waals surface area contributed by atoms with Gasteiger partial charge in [0, 0.05) is 20.1 Å². The van der Waals surface area contributed by atoms with Crippen molar-refractivity contribution in [2.24, 2.45) is 0 Å². The normalized spacial score (nSPS) is 11.2. The second kappa shape index (κ2) is 7.56. The SMILES string of the molecule is CC=CC(=O)N(C)CCN(CC)CC. The van der Waals surface area contributed by atoms with Gasteiger partial charge in [-0.2, -0.15) is 0 Å². The first kappa shape index (κ1) is 13.2. The molecule has 0 aromatic rings. The number of carbonyl (C=O) groups is 1. The van der Waals surface area contributed by atoms with Crippen LogP contribution in [0.5, 0.6) is 0 Å². The van der Waals surface area contributed by atoms with E-state index in [0.717, 1.165) is 26.2 Å². The quantitative estimate of drug-likeness (QED) is 0.602. The van der Waals surface area contributed by atoms with Crippen LogP contribution >= 0.6 is 0 Å². The van der Waals surface area contributed by atoms with E-state index in [0.29, 0.717) is 0 Å². The van der Waals surface area contributed by atoms with Gasteiger partial charge in [-0.3, -0.25) is 4.79 Å². The van der Waals surface area contributed by atoms with Crippen molar-refractivity contribution < 1.29 is 4.79 Å². The summed E-state index contributed by atoms with van der Waals surface area (Å²) in [6.07, 6.45) is 3.37. The van der Waals surface area contributed by atoms with Crippen molar-refractivity contribution in [3.63, 3.8) is 0 Å². The summed E-state index contributed by atoms with van der Waals surface area (Å²) in [6.45, 7) is 9.96. The predicted octanol–water partition coefficient (Wildman–Crippen LogP) is 1.36. The molecular weight excluding hydrogens is 176 g/mol. The first-order valence-electron chi connectivity index (χ1n) is 5.25. The van der Waals surface area contributed by atoms with Gasteiger partial charge in [0.25, 0.3) is 0 Å². The van der Waals surface area contributed by atoms with Gasteiger partial charge in [-0.1, -0.05) is 19.9 Å². The summed E-state index contributed by atoms with van der Waals surface area (Å²) in [6, 6.07) is 0. The smallest absolute Gasteiger partial charge is 0.246 e. The van der Waals surface area contributed by atoms with Gasteiger partial charge in [-0.25, -0.2) is 0 Å². The fourth-order valence-corrected chi connectivity index (χ4v) is 1.21. The third kappa shape index (κ3) is 5.02. The Kier molecular flexibility index (Phi) is 7.11. The number of rotatable bonds is 6. The lowest BCUT2D eigenvalue weighted by Gasteiger charge is -2.22. The van der Waals surface area contributed by atoms with Gasteiger partial charge in [-0.05, 0) is 26.1 Å². The maximum absolute atomic E-state index is 11.4. The van der Waals surface area contributed by atoms with Crippen molar-refractivity contribution in [3.8, 4) is 0 Å². The van der Waals surface area contributed by atoms with E-state index in [1.165, 1.54) is 0 Å². The Morgan fingerprint density at radius 1 is 1.21 bits per heavy atom. The molecule has 0 spiro atoms. The summed E-state index contributed by atoms with van der Waals surface area (Å²) in [5.74, 6) is 0.0830. The maximum atomic E-state index is 11.4. The van der Waals surface area contributed by atoms with Crippen LogP contribution in [0.15, 0.2) is 12.2 Å². The first-order chi connectivity index (χ1) is 6.65. The molecule has 14 heavy (non-hydrogen) atoms. The zero-order valence-corrected chi connectivity index (χ0v) is 9.79. The topological polar surface area (TPSA) is 23.6 Å². The van der Waals surface area contributed by atoms with Crippen molar-refractivity contribution in [3.05, 3.63) is 12.2 Å². The van der Waals surface area contributed by atoms with Gasteiger partial charge in [-0.15, -0.1) is 0 Å². The number of amides is 1. The van der Waals surface area contributed by atoms with Gasteiger partial charge in [0.1, 0.15) is 0 Å². The van der Waals surface area contributed by atoms with Gasteiger partial charge in [0.2, 0.25) is 5.91 Å². The van der Waals surface area contributed by atoms with Crippen LogP contribution in [-0.4, -0.2) is 48.9 Å². The zero-order valence-electron chi connectivity index (χ0n) is 9.79. The van der Waals surface area contributed by atoms with Crippen molar-refractivity contribution in [1.82, 2.24) is 9.80 Å². The second-order valence-corrected chi connectivity index (χ2v) is 3.29. The van der Waals surface area contributed by atoms with Crippen LogP contribution in [0, 0.1) is 0 Å². The van der Waals surface area contributed by atoms with E-state index in [9.17, 15) is 4.79 Å². The molecule has 0 aliphatic carbocycles. The molecule has 0 heterocycles. The van der Waals surface area contributed by atoms with Crippen molar-refractivity contribution in [2.75, 3.05) is 33.2 Å². The van der Waals surface area contributed by atoms with Crippen LogP contribution in [0.2, 0.25) is 0 Å². The molecule has 0 saturated heterocycles. The Labute approximate surface area is 87.4 Å². The number of carbonyl (C=O) groups excluding carboxylic acids is 1. The molecule has 0 radical (unpaired) electrons. The van der Waals surface area contributed by atoms with E-state index in [1.807, 2.05) is 14.0 Å². The molecular formula is C11H22N2O. The van der Waals surface area contributed by atoms with Gasteiger partial charge >= 0.3 is 0 Å². The van der Waals surface area contributed by atoms with E-state index in [2.05, 4.69) is 18.7 Å². The Morgan fingerprint density at radius 3 is 2.21 bits per heavy atom. The third-order valence-corrected chi connectivity index (χ3v) is 2.33. The summed E-state index contributed by atoms with van der Waals surface area (Å²) in [4.78, 5) is 15.4. The minimum absolute atomic E-state index is 0.0830. The van der Waals surface area contributed by atoms with Crippen LogP contribution in [-0.2, 0) is 4.79 Å². The Hall–Kier alpha value is -0.830. The standard InChI is InChI=1S/C11H22N2O/c1-5-8-11(14)12(4)9-10-13(6-2)7-3/h5,8H,6-7,9-10H2,1-4H3. The van der Waals surface area contributed by atoms with E-state index >= 15 is 0 Å². The molecule has 3 nitrogen and oxygen atoms in total. The van der Waals surface area contributed by atoms with Crippen molar-refractivity contribution in [1.29, 1.82) is 0 Å². The molecule has 0 saturated carbocycles. The monoisotopic (exact) mass is 198 g/mol. The van der Waals surface area contributed by atoms with Crippen LogP contribution < -0.4 is 0 Å². The third-order valence-electron chi connectivity index (χ3n) is 2.33. The molecule has 0 fully saturated rings. The highest BCUT2D eigenvalue weighted by molar-refractivity contribution is 5.87. The molecule has 0 aromatic heterocycles. The average molecular weight is 198 g/mol. The van der Waals surface area contributed by atoms with E-state index in [4.69, 9.17) is 0 Å². The molecule has 0 atom stereocenters. The number of allylic oxidation sites excluding steroid dienone is 1. The van der Waals surface area contributed by atoms with Gasteiger partial charge in [0.05, 0.1) is 0 Å². The highest BCUT2D eigenvalue weighted by atomic mass is 16.2. The Balaban J connectivity index is 3.82. The average Bonchev–Trinajstić information content (AvgIpc) is 2.19. The van der Waals surface area contributed by atoms with Crippen LogP contribution in [0.25, 0.3) is 0 Å². The molecule has 0 aromatic carbocycles. The number of likely N-dealkylation sites (N-methyl/N-ethyl adjacent to an activating group) is 2. The van der Waals surface area contributed by atoms with Gasteiger partial charge in [0.15, 0.2) is 0 Å². The lowest BCUT2D eigenvalue weighted by atomic mass is 10.4. The highest BCUT2D eigenvalue weighted by Gasteiger charge is 2.05. The summed E-state index contributed by atoms with van der Waals surface area (Å²) in [5, 5.41) is 0. The molecule has 0 unspecified atom stereocenters. The molecule has 82 valence electrons. The van der Waals surface area contributed by atoms with E-state index < -0.39 is 0 Å². The summed E-state index contributed by atoms with van der Waals surface area (Å²) < 4.78 is 0. The van der Waals surface area contributed by atoms with Gasteiger partial charge < -0.3 is 9.80 Å². The highest BCUT2D eigenvalue weighted by Crippen LogP contribution is 1.91. The maximum Gasteiger partial charge on any atom is 0.246 e. The predicted molar refractivity (Wildman–Crippen MR) is 60.2 cm³/mol. The van der Waals surface area contributed by atoms with E-state index in [-0.39, 0.29) is 5.91 Å². The second-order valence-electron chi connectivity index (χ2n) is 3.29. The molecule has 0 aliphatic rings. The van der Waals surface area contributed by atoms with Crippen LogP contribution in [0.1, 0.15) is 20.8 Å². The van der Waals surface area contributed by atoms with Crippen LogP contribution in [0.3, 0.4) is 0 Å². The molecule has 3 heteroatoms. The number of hydrogen-bond acceptors (Lipinski definition) is 2. The fraction of sp³-hybridized carbons (Fsp3) is 0.727. The summed E-state index contributed by atoms with van der Waals surface area (Å²) in [5.41, 5.74) is 0.